The van der Waals surface area contributed by atoms with Crippen LogP contribution in [0.1, 0.15) is 5.56 Å². The number of aryl methyl sites for hydroxylation is 1. The second-order valence-corrected chi connectivity index (χ2v) is 11.1. The standard InChI is InChI=1S/C25H40N4O16/c1-7-2-8(29(39)40)3-9(33)15(7)28-16-20(37)22(44-24-14(27)18(35)17(34)10(4-30)42-24)12(6-32)43-25(16)45-21-11(5-31)41-23(38)13(26)19(21)36/h2-3,10-14,16-25,28,30-38H,4-6,26-27H2,1H3/t10-,11-,12-,13-,14-,16-,17-,18-,19-,20-,21?,22?,23-,24+,25+/m1/s1. The van der Waals surface area contributed by atoms with E-state index in [0.717, 1.165) is 12.1 Å². The number of non-ortho nitro benzene ring substituents is 1. The van der Waals surface area contributed by atoms with Crippen LogP contribution in [0.25, 0.3) is 0 Å². The minimum atomic E-state index is -1.78. The van der Waals surface area contributed by atoms with E-state index in [1.165, 1.54) is 6.92 Å². The number of anilines is 1. The van der Waals surface area contributed by atoms with Crippen LogP contribution in [0.5, 0.6) is 5.75 Å². The van der Waals surface area contributed by atoms with Crippen molar-refractivity contribution >= 4 is 11.4 Å². The van der Waals surface area contributed by atoms with Gasteiger partial charge in [0, 0.05) is 6.07 Å². The molecule has 3 heterocycles. The molecule has 0 amide bonds. The van der Waals surface area contributed by atoms with Crippen LogP contribution in [0.2, 0.25) is 0 Å². The monoisotopic (exact) mass is 652 g/mol. The number of aliphatic hydroxyl groups excluding tert-OH is 8. The van der Waals surface area contributed by atoms with Gasteiger partial charge in [-0.2, -0.15) is 0 Å². The van der Waals surface area contributed by atoms with Crippen LogP contribution in [0.4, 0.5) is 11.4 Å². The molecule has 45 heavy (non-hydrogen) atoms. The molecule has 14 N–H and O–H groups in total. The van der Waals surface area contributed by atoms with E-state index in [0.29, 0.717) is 0 Å². The van der Waals surface area contributed by atoms with Crippen molar-refractivity contribution in [2.45, 2.75) is 98.9 Å². The van der Waals surface area contributed by atoms with Gasteiger partial charge in [-0.05, 0) is 12.5 Å². The molecule has 2 unspecified atom stereocenters. The van der Waals surface area contributed by atoms with Crippen molar-refractivity contribution < 1.29 is 74.6 Å². The molecule has 4 rings (SSSR count). The third-order valence-electron chi connectivity index (χ3n) is 8.11. The number of benzene rings is 1. The van der Waals surface area contributed by atoms with Crippen molar-refractivity contribution in [3.63, 3.8) is 0 Å². The zero-order chi connectivity index (χ0) is 33.3. The van der Waals surface area contributed by atoms with E-state index in [-0.39, 0.29) is 11.3 Å². The summed E-state index contributed by atoms with van der Waals surface area (Å²) in [5.41, 5.74) is 11.4. The number of phenolic OH excluding ortho intramolecular Hbond substituents is 1. The second kappa shape index (κ2) is 14.6. The zero-order valence-electron chi connectivity index (χ0n) is 23.9. The van der Waals surface area contributed by atoms with E-state index in [9.17, 15) is 56.1 Å². The van der Waals surface area contributed by atoms with E-state index in [2.05, 4.69) is 5.32 Å². The maximum atomic E-state index is 11.6. The highest BCUT2D eigenvalue weighted by Crippen LogP contribution is 2.37. The fraction of sp³-hybridized carbons (Fsp3) is 0.760. The predicted octanol–water partition coefficient (Wildman–Crippen LogP) is -5.60. The van der Waals surface area contributed by atoms with Crippen molar-refractivity contribution in [3.05, 3.63) is 27.8 Å². The summed E-state index contributed by atoms with van der Waals surface area (Å²) in [6.07, 6.45) is -18.6. The number of nitrogens with one attached hydrogen (secondary N) is 1. The van der Waals surface area contributed by atoms with Crippen LogP contribution in [-0.2, 0) is 23.7 Å². The largest absolute Gasteiger partial charge is 0.506 e. The average Bonchev–Trinajstić information content (AvgIpc) is 3.00. The first-order valence-corrected chi connectivity index (χ1v) is 14.0. The lowest BCUT2D eigenvalue weighted by Crippen LogP contribution is -2.69. The second-order valence-electron chi connectivity index (χ2n) is 11.1. The van der Waals surface area contributed by atoms with Gasteiger partial charge in [0.25, 0.3) is 5.69 Å². The van der Waals surface area contributed by atoms with Crippen molar-refractivity contribution in [1.29, 1.82) is 0 Å². The van der Waals surface area contributed by atoms with Gasteiger partial charge in [0.15, 0.2) is 18.9 Å². The molecule has 3 saturated heterocycles. The van der Waals surface area contributed by atoms with E-state index in [1.54, 1.807) is 0 Å². The summed E-state index contributed by atoms with van der Waals surface area (Å²) < 4.78 is 28.4. The lowest BCUT2D eigenvalue weighted by atomic mass is 9.93. The van der Waals surface area contributed by atoms with Crippen LogP contribution >= 0.6 is 0 Å². The first-order chi connectivity index (χ1) is 21.2. The number of rotatable bonds is 10. The summed E-state index contributed by atoms with van der Waals surface area (Å²) in [5, 5.41) is 107. The molecule has 3 aliphatic heterocycles. The molecule has 256 valence electrons. The average molecular weight is 653 g/mol. The number of nitrogens with two attached hydrogens (primary N) is 2. The fourth-order valence-corrected chi connectivity index (χ4v) is 5.52. The molecule has 20 heteroatoms. The topological polar surface area (TPSA) is 335 Å². The summed E-state index contributed by atoms with van der Waals surface area (Å²) >= 11 is 0. The van der Waals surface area contributed by atoms with E-state index >= 15 is 0 Å². The molecule has 3 aliphatic rings. The van der Waals surface area contributed by atoms with Crippen LogP contribution in [0, 0.1) is 17.0 Å². The number of ether oxygens (including phenoxy) is 5. The third kappa shape index (κ3) is 7.15. The van der Waals surface area contributed by atoms with Gasteiger partial charge in [-0.1, -0.05) is 0 Å². The molecule has 0 saturated carbocycles. The molecule has 0 aromatic heterocycles. The van der Waals surface area contributed by atoms with Crippen molar-refractivity contribution in [2.75, 3.05) is 25.1 Å². The fourth-order valence-electron chi connectivity index (χ4n) is 5.52. The number of hydrogen-bond donors (Lipinski definition) is 12. The Morgan fingerprint density at radius 2 is 1.38 bits per heavy atom. The number of aromatic hydroxyl groups is 1. The number of nitro groups is 1. The van der Waals surface area contributed by atoms with E-state index in [1.807, 2.05) is 0 Å². The molecular weight excluding hydrogens is 612 g/mol. The summed E-state index contributed by atoms with van der Waals surface area (Å²) in [6.45, 7) is -0.889. The van der Waals surface area contributed by atoms with Crippen LogP contribution in [0.15, 0.2) is 12.1 Å². The van der Waals surface area contributed by atoms with Gasteiger partial charge in [-0.25, -0.2) is 0 Å². The van der Waals surface area contributed by atoms with Crippen molar-refractivity contribution in [3.8, 4) is 5.75 Å². The van der Waals surface area contributed by atoms with Crippen LogP contribution < -0.4 is 16.8 Å². The summed E-state index contributed by atoms with van der Waals surface area (Å²) in [5.74, 6) is -0.602. The van der Waals surface area contributed by atoms with Gasteiger partial charge in [-0.3, -0.25) is 10.1 Å². The van der Waals surface area contributed by atoms with Gasteiger partial charge in [0.05, 0.1) is 48.6 Å². The molecule has 0 bridgehead atoms. The highest BCUT2D eigenvalue weighted by molar-refractivity contribution is 5.65. The maximum Gasteiger partial charge on any atom is 0.273 e. The lowest BCUT2D eigenvalue weighted by Gasteiger charge is -2.49. The van der Waals surface area contributed by atoms with Crippen molar-refractivity contribution in [1.82, 2.24) is 0 Å². The lowest BCUT2D eigenvalue weighted by molar-refractivity contribution is -0.385. The Labute approximate surface area is 255 Å². The number of hydrogen-bond acceptors (Lipinski definition) is 19. The van der Waals surface area contributed by atoms with Gasteiger partial charge in [0.2, 0.25) is 0 Å². The summed E-state index contributed by atoms with van der Waals surface area (Å²) in [7, 11) is 0. The van der Waals surface area contributed by atoms with Crippen LogP contribution in [-0.4, -0.2) is 163 Å². The minimum Gasteiger partial charge on any atom is -0.506 e. The maximum absolute atomic E-state index is 11.6. The molecule has 0 aliphatic carbocycles. The minimum absolute atomic E-state index is 0.112. The predicted molar refractivity (Wildman–Crippen MR) is 146 cm³/mol. The van der Waals surface area contributed by atoms with Crippen LogP contribution in [0.3, 0.4) is 0 Å². The molecular formula is C25H40N4O16. The number of nitrogens with zero attached hydrogens (tertiary/aromatic N) is 1. The Morgan fingerprint density at radius 3 is 1.96 bits per heavy atom. The highest BCUT2D eigenvalue weighted by Gasteiger charge is 2.53. The Kier molecular flexibility index (Phi) is 11.5. The number of phenols is 1. The molecule has 20 nitrogen and oxygen atoms in total. The Hall–Kier alpha value is -2.38. The molecule has 0 spiro atoms. The first-order valence-electron chi connectivity index (χ1n) is 14.0. The first kappa shape index (κ1) is 35.5. The molecule has 1 aromatic carbocycles. The zero-order valence-corrected chi connectivity index (χ0v) is 23.9. The molecule has 0 radical (unpaired) electrons. The van der Waals surface area contributed by atoms with Gasteiger partial charge < -0.3 is 86.4 Å². The highest BCUT2D eigenvalue weighted by atomic mass is 16.7. The third-order valence-corrected chi connectivity index (χ3v) is 8.11. The molecule has 1 aromatic rings. The summed E-state index contributed by atoms with van der Waals surface area (Å²) in [6, 6.07) is -2.31. The Balaban J connectivity index is 1.69. The quantitative estimate of drug-likeness (QED) is 0.0636. The van der Waals surface area contributed by atoms with Gasteiger partial charge in [0.1, 0.15) is 66.7 Å². The SMILES string of the molecule is Cc1cc([N+](=O)[O-])cc(O)c1N[C@H]1[C@H](OC2[C@@H](CO)O[C@@H](O)[C@H](N)[C@H]2O)O[C@H](CO)C(O[C@@H]2O[C@H](CO)[C@@H](O)[C@H](O)[C@H]2N)[C@@H]1O. The molecule has 15 atom stereocenters. The van der Waals surface area contributed by atoms with Gasteiger partial charge >= 0.3 is 0 Å². The van der Waals surface area contributed by atoms with E-state index in [4.69, 9.17) is 35.2 Å². The summed E-state index contributed by atoms with van der Waals surface area (Å²) in [4.78, 5) is 10.6. The Morgan fingerprint density at radius 1 is 0.822 bits per heavy atom. The molecule has 3 fully saturated rings. The normalized spacial score (nSPS) is 42.3. The Bertz CT molecular complexity index is 1140. The van der Waals surface area contributed by atoms with Crippen molar-refractivity contribution in [2.24, 2.45) is 11.5 Å². The van der Waals surface area contributed by atoms with Gasteiger partial charge in [-0.15, -0.1) is 0 Å². The number of aliphatic hydroxyl groups is 8. The van der Waals surface area contributed by atoms with E-state index < -0.39 is 128 Å². The number of nitro benzene ring substituents is 1. The smallest absolute Gasteiger partial charge is 0.273 e.